The van der Waals surface area contributed by atoms with E-state index in [-0.39, 0.29) is 6.04 Å². The van der Waals surface area contributed by atoms with Gasteiger partial charge >= 0.3 is 12.2 Å². The Hall–Kier alpha value is -3.11. The standard InChI is InChI=1S/C19H20F3N5O2/c1-2-15(26-29)12-6-7-27-16(10-23-17(27)9-12)13-4-3-5-14(8-13)25-18(28)24-11-19(20,21)22/h3-10,15,26,29H,2,11H2,1H3,(H2,24,25,28). The summed E-state index contributed by atoms with van der Waals surface area (Å²) in [6.45, 7) is 0.536. The highest BCUT2D eigenvalue weighted by molar-refractivity contribution is 5.90. The highest BCUT2D eigenvalue weighted by atomic mass is 19.4. The minimum absolute atomic E-state index is 0.206. The molecule has 3 aromatic rings. The Morgan fingerprint density at radius 3 is 2.76 bits per heavy atom. The number of hydrogen-bond donors (Lipinski definition) is 4. The molecular weight excluding hydrogens is 387 g/mol. The van der Waals surface area contributed by atoms with E-state index in [9.17, 15) is 23.2 Å². The number of urea groups is 1. The highest BCUT2D eigenvalue weighted by Crippen LogP contribution is 2.26. The van der Waals surface area contributed by atoms with Crippen LogP contribution in [0.5, 0.6) is 0 Å². The summed E-state index contributed by atoms with van der Waals surface area (Å²) in [5.41, 5.74) is 5.65. The summed E-state index contributed by atoms with van der Waals surface area (Å²) in [5.74, 6) is 0. The lowest BCUT2D eigenvalue weighted by molar-refractivity contribution is -0.122. The number of amides is 2. The number of rotatable bonds is 6. The van der Waals surface area contributed by atoms with Crippen LogP contribution in [0, 0.1) is 0 Å². The molecule has 10 heteroatoms. The molecule has 1 atom stereocenters. The molecule has 2 heterocycles. The van der Waals surface area contributed by atoms with Crippen molar-refractivity contribution >= 4 is 17.4 Å². The number of aromatic nitrogens is 2. The van der Waals surface area contributed by atoms with Crippen molar-refractivity contribution < 1.29 is 23.2 Å². The number of hydroxylamine groups is 1. The highest BCUT2D eigenvalue weighted by Gasteiger charge is 2.27. The number of halogens is 3. The predicted molar refractivity (Wildman–Crippen MR) is 102 cm³/mol. The average Bonchev–Trinajstić information content (AvgIpc) is 3.10. The number of fused-ring (bicyclic) bond motifs is 1. The van der Waals surface area contributed by atoms with E-state index in [2.05, 4.69) is 15.8 Å². The number of benzene rings is 1. The van der Waals surface area contributed by atoms with Crippen LogP contribution >= 0.6 is 0 Å². The number of carbonyl (C=O) groups excluding carboxylic acids is 1. The summed E-state index contributed by atoms with van der Waals surface area (Å²) in [6.07, 6.45) is -0.292. The summed E-state index contributed by atoms with van der Waals surface area (Å²) in [4.78, 5) is 16.0. The van der Waals surface area contributed by atoms with Gasteiger partial charge in [0.25, 0.3) is 0 Å². The van der Waals surface area contributed by atoms with Gasteiger partial charge in [-0.05, 0) is 36.2 Å². The van der Waals surface area contributed by atoms with Crippen molar-refractivity contribution in [3.63, 3.8) is 0 Å². The zero-order chi connectivity index (χ0) is 21.0. The number of nitrogens with one attached hydrogen (secondary N) is 3. The van der Waals surface area contributed by atoms with E-state index in [1.165, 1.54) is 0 Å². The summed E-state index contributed by atoms with van der Waals surface area (Å²) >= 11 is 0. The number of hydrogen-bond acceptors (Lipinski definition) is 4. The quantitative estimate of drug-likeness (QED) is 0.463. The molecule has 0 aliphatic rings. The molecule has 2 amide bonds. The molecule has 0 saturated carbocycles. The van der Waals surface area contributed by atoms with Gasteiger partial charge in [-0.3, -0.25) is 4.40 Å². The van der Waals surface area contributed by atoms with Gasteiger partial charge in [0.15, 0.2) is 0 Å². The van der Waals surface area contributed by atoms with Gasteiger partial charge in [-0.25, -0.2) is 9.78 Å². The number of nitrogens with zero attached hydrogens (tertiary/aromatic N) is 2. The van der Waals surface area contributed by atoms with Gasteiger partial charge in [-0.2, -0.15) is 18.7 Å². The van der Waals surface area contributed by atoms with E-state index >= 15 is 0 Å². The van der Waals surface area contributed by atoms with Crippen LogP contribution in [0.1, 0.15) is 24.9 Å². The number of imidazole rings is 1. The van der Waals surface area contributed by atoms with E-state index in [1.54, 1.807) is 35.8 Å². The van der Waals surface area contributed by atoms with Gasteiger partial charge in [0.2, 0.25) is 0 Å². The fraction of sp³-hybridized carbons (Fsp3) is 0.263. The predicted octanol–water partition coefficient (Wildman–Crippen LogP) is 4.12. The molecule has 2 aromatic heterocycles. The third-order valence-corrected chi connectivity index (χ3v) is 4.37. The van der Waals surface area contributed by atoms with Crippen LogP contribution in [-0.2, 0) is 0 Å². The topological polar surface area (TPSA) is 90.7 Å². The van der Waals surface area contributed by atoms with Crippen molar-refractivity contribution in [2.75, 3.05) is 11.9 Å². The Bertz CT molecular complexity index is 999. The molecule has 0 bridgehead atoms. The molecule has 0 fully saturated rings. The molecule has 1 aromatic carbocycles. The maximum atomic E-state index is 12.2. The van der Waals surface area contributed by atoms with Gasteiger partial charge in [-0.15, -0.1) is 0 Å². The monoisotopic (exact) mass is 407 g/mol. The molecule has 7 nitrogen and oxygen atoms in total. The van der Waals surface area contributed by atoms with Crippen LogP contribution < -0.4 is 16.1 Å². The summed E-state index contributed by atoms with van der Waals surface area (Å²) < 4.78 is 38.5. The smallest absolute Gasteiger partial charge is 0.329 e. The SMILES string of the molecule is CCC(NO)c1ccn2c(-c3cccc(NC(=O)NCC(F)(F)F)c3)cnc2c1. The van der Waals surface area contributed by atoms with Crippen molar-refractivity contribution in [1.82, 2.24) is 20.2 Å². The molecule has 29 heavy (non-hydrogen) atoms. The minimum Gasteiger partial charge on any atom is -0.329 e. The van der Waals surface area contributed by atoms with Crippen LogP contribution in [-0.4, -0.2) is 33.3 Å². The van der Waals surface area contributed by atoms with Crippen molar-refractivity contribution in [2.24, 2.45) is 0 Å². The molecule has 0 saturated heterocycles. The minimum atomic E-state index is -4.48. The van der Waals surface area contributed by atoms with Crippen molar-refractivity contribution in [2.45, 2.75) is 25.6 Å². The van der Waals surface area contributed by atoms with Crippen LogP contribution in [0.3, 0.4) is 0 Å². The fourth-order valence-electron chi connectivity index (χ4n) is 2.94. The second kappa shape index (κ2) is 8.50. The lowest BCUT2D eigenvalue weighted by Gasteiger charge is -2.13. The average molecular weight is 407 g/mol. The Labute approximate surface area is 164 Å². The zero-order valence-corrected chi connectivity index (χ0v) is 15.5. The Kier molecular flexibility index (Phi) is 6.04. The second-order valence-electron chi connectivity index (χ2n) is 6.43. The normalized spacial score (nSPS) is 12.7. The van der Waals surface area contributed by atoms with Crippen molar-refractivity contribution in [1.29, 1.82) is 0 Å². The first kappa shape index (κ1) is 20.6. The first-order valence-electron chi connectivity index (χ1n) is 8.89. The van der Waals surface area contributed by atoms with Gasteiger partial charge in [0, 0.05) is 17.4 Å². The molecule has 0 radical (unpaired) electrons. The molecule has 0 spiro atoms. The Balaban J connectivity index is 1.81. The van der Waals surface area contributed by atoms with Crippen LogP contribution in [0.25, 0.3) is 16.9 Å². The summed E-state index contributed by atoms with van der Waals surface area (Å²) in [5, 5.41) is 13.4. The molecule has 1 unspecified atom stereocenters. The first-order chi connectivity index (χ1) is 13.8. The van der Waals surface area contributed by atoms with Gasteiger partial charge in [0.1, 0.15) is 12.2 Å². The number of pyridine rings is 1. The molecule has 154 valence electrons. The third-order valence-electron chi connectivity index (χ3n) is 4.37. The number of carbonyl (C=O) groups is 1. The lowest BCUT2D eigenvalue weighted by Crippen LogP contribution is -2.36. The third kappa shape index (κ3) is 5.04. The number of alkyl halides is 3. The van der Waals surface area contributed by atoms with Crippen molar-refractivity contribution in [3.8, 4) is 11.3 Å². The first-order valence-corrected chi connectivity index (χ1v) is 8.89. The van der Waals surface area contributed by atoms with Crippen LogP contribution in [0.2, 0.25) is 0 Å². The van der Waals surface area contributed by atoms with Crippen LogP contribution in [0.15, 0.2) is 48.8 Å². The molecule has 4 N–H and O–H groups in total. The maximum absolute atomic E-state index is 12.2. The van der Waals surface area contributed by atoms with E-state index in [4.69, 9.17) is 0 Å². The Morgan fingerprint density at radius 2 is 2.07 bits per heavy atom. The van der Waals surface area contributed by atoms with E-state index in [0.717, 1.165) is 16.8 Å². The van der Waals surface area contributed by atoms with Gasteiger partial charge in [-0.1, -0.05) is 19.1 Å². The molecule has 0 aliphatic carbocycles. The van der Waals surface area contributed by atoms with E-state index in [0.29, 0.717) is 17.8 Å². The molecule has 3 rings (SSSR count). The van der Waals surface area contributed by atoms with E-state index in [1.807, 2.05) is 29.7 Å². The van der Waals surface area contributed by atoms with E-state index < -0.39 is 18.8 Å². The summed E-state index contributed by atoms with van der Waals surface area (Å²) in [7, 11) is 0. The molecular formula is C19H20F3N5O2. The maximum Gasteiger partial charge on any atom is 0.405 e. The number of anilines is 1. The molecule has 0 aliphatic heterocycles. The summed E-state index contributed by atoms with van der Waals surface area (Å²) in [6, 6.07) is 9.29. The lowest BCUT2D eigenvalue weighted by atomic mass is 10.1. The van der Waals surface area contributed by atoms with Crippen molar-refractivity contribution in [3.05, 3.63) is 54.4 Å². The largest absolute Gasteiger partial charge is 0.405 e. The zero-order valence-electron chi connectivity index (χ0n) is 15.5. The van der Waals surface area contributed by atoms with Gasteiger partial charge in [0.05, 0.1) is 17.9 Å². The van der Waals surface area contributed by atoms with Gasteiger partial charge < -0.3 is 15.8 Å². The van der Waals surface area contributed by atoms with Crippen LogP contribution in [0.4, 0.5) is 23.7 Å². The second-order valence-corrected chi connectivity index (χ2v) is 6.43. The Morgan fingerprint density at radius 1 is 1.28 bits per heavy atom. The fourth-order valence-corrected chi connectivity index (χ4v) is 2.94.